The average molecular weight is 475 g/mol. The van der Waals surface area contributed by atoms with E-state index in [0.717, 1.165) is 0 Å². The molecule has 1 aromatic heterocycles. The van der Waals surface area contributed by atoms with Crippen molar-refractivity contribution in [3.63, 3.8) is 0 Å². The molecule has 1 heterocycles. The van der Waals surface area contributed by atoms with Crippen LogP contribution in [0.25, 0.3) is 20.9 Å². The molecule has 0 atom stereocenters. The quantitative estimate of drug-likeness (QED) is 0.531. The first-order valence-corrected chi connectivity index (χ1v) is 12.4. The molecular formula is C26H31ClO4S. The minimum Gasteiger partial charge on any atom is -0.222 e. The van der Waals surface area contributed by atoms with Crippen molar-refractivity contribution in [1.29, 1.82) is 0 Å². The van der Waals surface area contributed by atoms with E-state index in [9.17, 15) is 0 Å². The molecule has 3 aromatic rings. The summed E-state index contributed by atoms with van der Waals surface area (Å²) in [5.41, 5.74) is 7.03. The molecular weight excluding hydrogens is 444 g/mol. The summed E-state index contributed by atoms with van der Waals surface area (Å²) in [5.74, 6) is 0. The van der Waals surface area contributed by atoms with E-state index in [1.54, 1.807) is 0 Å². The lowest BCUT2D eigenvalue weighted by atomic mass is 9.86. The van der Waals surface area contributed by atoms with E-state index in [0.29, 0.717) is 0 Å². The first-order chi connectivity index (χ1) is 14.5. The standard InChI is InChI=1S/C26H31S.ClHO4/c1-18-16-23(19-8-12-21(13-9-19)25(2,3)4)27-24(17-18)20-10-14-22(15-11-20)26(5,6)7;2-1(3,4)5/h8-17H,1-7H3;(H,2,3,4,5)/q+1;/p-1. The molecule has 0 N–H and O–H groups in total. The van der Waals surface area contributed by atoms with Crippen LogP contribution in [0.5, 0.6) is 0 Å². The van der Waals surface area contributed by atoms with Gasteiger partial charge in [0.1, 0.15) is 0 Å². The molecule has 3 rings (SSSR count). The topological polar surface area (TPSA) is 92.2 Å². The maximum atomic E-state index is 8.49. The van der Waals surface area contributed by atoms with Gasteiger partial charge in [-0.25, -0.2) is 18.6 Å². The van der Waals surface area contributed by atoms with Gasteiger partial charge in [0.15, 0.2) is 0 Å². The molecule has 0 saturated heterocycles. The van der Waals surface area contributed by atoms with Gasteiger partial charge in [-0.1, -0.05) is 65.8 Å². The van der Waals surface area contributed by atoms with Crippen LogP contribution >= 0.6 is 11.3 Å². The molecule has 0 saturated carbocycles. The summed E-state index contributed by atoms with van der Waals surface area (Å²) in [6.45, 7) is 15.8. The molecule has 0 amide bonds. The van der Waals surface area contributed by atoms with Crippen molar-refractivity contribution in [3.05, 3.63) is 77.4 Å². The van der Waals surface area contributed by atoms with Crippen LogP contribution in [0.3, 0.4) is 0 Å². The van der Waals surface area contributed by atoms with Gasteiger partial charge in [0.05, 0.1) is 0 Å². The Hall–Kier alpha value is -1.86. The number of rotatable bonds is 2. The van der Waals surface area contributed by atoms with Crippen molar-refractivity contribution < 1.29 is 28.9 Å². The van der Waals surface area contributed by atoms with Crippen molar-refractivity contribution in [2.75, 3.05) is 0 Å². The van der Waals surface area contributed by atoms with E-state index in [4.69, 9.17) is 18.6 Å². The SMILES string of the molecule is Cc1cc(-c2ccc(C(C)(C)C)cc2)[s+]c(-c2ccc(C(C)(C)C)cc2)c1.[O-][Cl+3]([O-])([O-])[O-]. The van der Waals surface area contributed by atoms with Crippen molar-refractivity contribution in [2.24, 2.45) is 0 Å². The Morgan fingerprint density at radius 2 is 0.875 bits per heavy atom. The molecule has 0 unspecified atom stereocenters. The van der Waals surface area contributed by atoms with Crippen molar-refractivity contribution in [3.8, 4) is 20.9 Å². The molecule has 0 aliphatic rings. The highest BCUT2D eigenvalue weighted by Gasteiger charge is 2.20. The molecule has 32 heavy (non-hydrogen) atoms. The fourth-order valence-electron chi connectivity index (χ4n) is 3.19. The highest BCUT2D eigenvalue weighted by molar-refractivity contribution is 7.18. The summed E-state index contributed by atoms with van der Waals surface area (Å²) in [6, 6.07) is 22.7. The molecule has 172 valence electrons. The Morgan fingerprint density at radius 1 is 0.594 bits per heavy atom. The van der Waals surface area contributed by atoms with Crippen LogP contribution in [-0.2, 0) is 10.8 Å². The molecule has 0 aliphatic carbocycles. The highest BCUT2D eigenvalue weighted by atomic mass is 35.7. The van der Waals surface area contributed by atoms with Crippen molar-refractivity contribution in [2.45, 2.75) is 59.3 Å². The zero-order chi connectivity index (χ0) is 24.3. The van der Waals surface area contributed by atoms with Crippen molar-refractivity contribution >= 4 is 11.3 Å². The summed E-state index contributed by atoms with van der Waals surface area (Å²) in [7, 11) is -4.94. The second-order valence-electron chi connectivity index (χ2n) is 9.90. The van der Waals surface area contributed by atoms with E-state index >= 15 is 0 Å². The molecule has 0 fully saturated rings. The summed E-state index contributed by atoms with van der Waals surface area (Å²) >= 11 is 1.87. The van der Waals surface area contributed by atoms with Crippen LogP contribution in [0.2, 0.25) is 0 Å². The Morgan fingerprint density at radius 3 is 1.12 bits per heavy atom. The van der Waals surface area contributed by atoms with E-state index in [1.165, 1.54) is 37.6 Å². The fourth-order valence-corrected chi connectivity index (χ4v) is 4.42. The second kappa shape index (κ2) is 9.96. The Kier molecular flexibility index (Phi) is 8.21. The molecule has 0 spiro atoms. The van der Waals surface area contributed by atoms with E-state index in [1.807, 2.05) is 11.3 Å². The third kappa shape index (κ3) is 8.24. The largest absolute Gasteiger partial charge is 0.238 e. The van der Waals surface area contributed by atoms with Gasteiger partial charge in [-0.05, 0) is 58.7 Å². The summed E-state index contributed by atoms with van der Waals surface area (Å²) in [4.78, 5) is 2.65. The maximum absolute atomic E-state index is 8.49. The van der Waals surface area contributed by atoms with Crippen LogP contribution in [0, 0.1) is 17.2 Å². The van der Waals surface area contributed by atoms with Gasteiger partial charge in [-0.2, -0.15) is 0 Å². The lowest BCUT2D eigenvalue weighted by Gasteiger charge is -2.18. The van der Waals surface area contributed by atoms with Gasteiger partial charge in [0, 0.05) is 23.3 Å². The minimum atomic E-state index is -4.94. The fraction of sp³-hybridized carbons (Fsp3) is 0.346. The number of benzene rings is 2. The normalized spacial score (nSPS) is 12.2. The van der Waals surface area contributed by atoms with Crippen molar-refractivity contribution in [1.82, 2.24) is 0 Å². The van der Waals surface area contributed by atoms with E-state index in [-0.39, 0.29) is 10.8 Å². The zero-order valence-corrected chi connectivity index (χ0v) is 21.3. The van der Waals surface area contributed by atoms with Gasteiger partial charge in [-0.3, -0.25) is 0 Å². The van der Waals surface area contributed by atoms with Crippen LogP contribution in [0.1, 0.15) is 58.2 Å². The van der Waals surface area contributed by atoms with Gasteiger partial charge in [0.25, 0.3) is 0 Å². The van der Waals surface area contributed by atoms with Gasteiger partial charge in [-0.15, -0.1) is 10.2 Å². The lowest BCUT2D eigenvalue weighted by Crippen LogP contribution is -2.68. The van der Waals surface area contributed by atoms with E-state index < -0.39 is 10.2 Å². The van der Waals surface area contributed by atoms with Crippen LogP contribution in [-0.4, -0.2) is 0 Å². The Balaban J connectivity index is 0.000000654. The molecule has 0 aliphatic heterocycles. The predicted molar refractivity (Wildman–Crippen MR) is 122 cm³/mol. The summed E-state index contributed by atoms with van der Waals surface area (Å²) in [5, 5.41) is 0. The van der Waals surface area contributed by atoms with Gasteiger partial charge >= 0.3 is 0 Å². The Labute approximate surface area is 197 Å². The first-order valence-electron chi connectivity index (χ1n) is 10.3. The van der Waals surface area contributed by atoms with Gasteiger partial charge < -0.3 is 0 Å². The maximum Gasteiger partial charge on any atom is 0.238 e. The molecule has 0 radical (unpaired) electrons. The lowest BCUT2D eigenvalue weighted by molar-refractivity contribution is -2.00. The average Bonchev–Trinajstić information content (AvgIpc) is 2.65. The minimum absolute atomic E-state index is 0.189. The number of hydrogen-bond acceptors (Lipinski definition) is 4. The third-order valence-electron chi connectivity index (χ3n) is 5.01. The summed E-state index contributed by atoms with van der Waals surface area (Å²) in [6.07, 6.45) is 0. The molecule has 4 nitrogen and oxygen atoms in total. The predicted octanol–water partition coefficient (Wildman–Crippen LogP) is 3.51. The third-order valence-corrected chi connectivity index (χ3v) is 6.16. The first kappa shape index (κ1) is 26.4. The Bertz CT molecular complexity index is 944. The van der Waals surface area contributed by atoms with E-state index in [2.05, 4.69) is 109 Å². The number of aryl methyl sites for hydroxylation is 1. The number of halogens is 1. The summed E-state index contributed by atoms with van der Waals surface area (Å²) < 4.78 is 34.0. The molecule has 0 bridgehead atoms. The monoisotopic (exact) mass is 474 g/mol. The van der Waals surface area contributed by atoms with Crippen LogP contribution in [0.4, 0.5) is 0 Å². The van der Waals surface area contributed by atoms with Crippen LogP contribution < -0.4 is 18.6 Å². The molecule has 2 aromatic carbocycles. The van der Waals surface area contributed by atoms with Crippen LogP contribution in [0.15, 0.2) is 60.7 Å². The molecule has 6 heteroatoms. The zero-order valence-electron chi connectivity index (χ0n) is 19.7. The smallest absolute Gasteiger partial charge is 0.222 e. The number of hydrogen-bond donors (Lipinski definition) is 0. The second-order valence-corrected chi connectivity index (χ2v) is 11.7. The highest BCUT2D eigenvalue weighted by Crippen LogP contribution is 2.35. The van der Waals surface area contributed by atoms with Gasteiger partial charge in [0.2, 0.25) is 21.1 Å².